The highest BCUT2D eigenvalue weighted by Crippen LogP contribution is 2.34. The Bertz CT molecular complexity index is 902. The van der Waals surface area contributed by atoms with Crippen LogP contribution >= 0.6 is 0 Å². The molecule has 3 N–H and O–H groups in total. The van der Waals surface area contributed by atoms with Gasteiger partial charge in [0.25, 0.3) is 0 Å². The minimum Gasteiger partial charge on any atom is -0.431 e. The predicted molar refractivity (Wildman–Crippen MR) is 91.0 cm³/mol. The van der Waals surface area contributed by atoms with Crippen LogP contribution in [0.15, 0.2) is 24.4 Å². The highest BCUT2D eigenvalue weighted by Gasteiger charge is 2.19. The minimum atomic E-state index is -0.798. The van der Waals surface area contributed by atoms with Crippen LogP contribution in [0.1, 0.15) is 19.4 Å². The van der Waals surface area contributed by atoms with Crippen molar-refractivity contribution in [2.75, 3.05) is 12.8 Å². The second-order valence-corrected chi connectivity index (χ2v) is 5.71. The van der Waals surface area contributed by atoms with E-state index in [1.807, 2.05) is 18.2 Å². The summed E-state index contributed by atoms with van der Waals surface area (Å²) >= 11 is 0. The maximum absolute atomic E-state index is 11.8. The lowest BCUT2D eigenvalue weighted by Gasteiger charge is -2.11. The maximum atomic E-state index is 11.8. The minimum absolute atomic E-state index is 0.165. The van der Waals surface area contributed by atoms with Crippen molar-refractivity contribution in [1.82, 2.24) is 9.97 Å². The topological polar surface area (TPSA) is 99.5 Å². The van der Waals surface area contributed by atoms with Gasteiger partial charge in [-0.1, -0.05) is 0 Å². The number of benzene rings is 1. The quantitative estimate of drug-likeness (QED) is 0.562. The zero-order valence-electron chi connectivity index (χ0n) is 13.8. The SMILES string of the molecule is COCc1c(OC(=O)OC(C)C)ncc2[nH]c3ccc(N)cc3c12. The number of rotatable bonds is 4. The summed E-state index contributed by atoms with van der Waals surface area (Å²) in [5, 5.41) is 1.78. The zero-order valence-corrected chi connectivity index (χ0v) is 13.8. The smallest absolute Gasteiger partial charge is 0.431 e. The number of aromatic amines is 1. The fourth-order valence-electron chi connectivity index (χ4n) is 2.62. The van der Waals surface area contributed by atoms with Gasteiger partial charge in [0.2, 0.25) is 5.88 Å². The van der Waals surface area contributed by atoms with Gasteiger partial charge in [0.15, 0.2) is 0 Å². The molecule has 3 rings (SSSR count). The largest absolute Gasteiger partial charge is 0.515 e. The van der Waals surface area contributed by atoms with Gasteiger partial charge >= 0.3 is 6.16 Å². The summed E-state index contributed by atoms with van der Waals surface area (Å²) in [4.78, 5) is 19.3. The second-order valence-electron chi connectivity index (χ2n) is 5.71. The molecule has 0 fully saturated rings. The van der Waals surface area contributed by atoms with E-state index in [-0.39, 0.29) is 18.6 Å². The number of anilines is 1. The molecular weight excluding hydrogens is 310 g/mol. The van der Waals surface area contributed by atoms with E-state index in [0.717, 1.165) is 21.8 Å². The number of pyridine rings is 1. The molecule has 2 aromatic heterocycles. The van der Waals surface area contributed by atoms with Crippen molar-refractivity contribution in [3.05, 3.63) is 30.0 Å². The van der Waals surface area contributed by atoms with E-state index in [0.29, 0.717) is 11.3 Å². The number of nitrogens with zero attached hydrogens (tertiary/aromatic N) is 1. The number of hydrogen-bond donors (Lipinski definition) is 2. The number of methoxy groups -OCH3 is 1. The molecule has 0 aliphatic heterocycles. The fourth-order valence-corrected chi connectivity index (χ4v) is 2.62. The highest BCUT2D eigenvalue weighted by atomic mass is 16.7. The molecule has 0 aliphatic carbocycles. The van der Waals surface area contributed by atoms with Crippen LogP contribution in [0.5, 0.6) is 5.88 Å². The van der Waals surface area contributed by atoms with Crippen LogP contribution < -0.4 is 10.5 Å². The third-order valence-electron chi connectivity index (χ3n) is 3.52. The van der Waals surface area contributed by atoms with E-state index in [1.54, 1.807) is 27.2 Å². The van der Waals surface area contributed by atoms with Gasteiger partial charge in [-0.2, -0.15) is 0 Å². The van der Waals surface area contributed by atoms with Gasteiger partial charge in [-0.3, -0.25) is 0 Å². The first-order valence-electron chi connectivity index (χ1n) is 7.55. The van der Waals surface area contributed by atoms with Crippen molar-refractivity contribution in [2.24, 2.45) is 0 Å². The molecule has 126 valence electrons. The number of nitrogens with one attached hydrogen (secondary N) is 1. The molecule has 2 heterocycles. The van der Waals surface area contributed by atoms with Gasteiger partial charge in [-0.25, -0.2) is 9.78 Å². The lowest BCUT2D eigenvalue weighted by atomic mass is 10.1. The van der Waals surface area contributed by atoms with E-state index in [4.69, 9.17) is 19.9 Å². The van der Waals surface area contributed by atoms with Crippen molar-refractivity contribution in [2.45, 2.75) is 26.6 Å². The number of carbonyl (C=O) groups is 1. The summed E-state index contributed by atoms with van der Waals surface area (Å²) in [6.45, 7) is 3.73. The van der Waals surface area contributed by atoms with Crippen molar-refractivity contribution in [3.8, 4) is 5.88 Å². The third-order valence-corrected chi connectivity index (χ3v) is 3.52. The molecule has 0 saturated carbocycles. The van der Waals surface area contributed by atoms with Gasteiger partial charge < -0.3 is 24.9 Å². The molecule has 0 radical (unpaired) electrons. The van der Waals surface area contributed by atoms with Crippen LogP contribution in [0, 0.1) is 0 Å². The van der Waals surface area contributed by atoms with E-state index >= 15 is 0 Å². The van der Waals surface area contributed by atoms with Crippen LogP contribution in [-0.2, 0) is 16.1 Å². The average molecular weight is 329 g/mol. The molecule has 0 atom stereocenters. The van der Waals surface area contributed by atoms with Crippen LogP contribution in [0.4, 0.5) is 10.5 Å². The summed E-state index contributed by atoms with van der Waals surface area (Å²) in [5.74, 6) is 0.165. The van der Waals surface area contributed by atoms with E-state index in [9.17, 15) is 4.79 Å². The van der Waals surface area contributed by atoms with Gasteiger partial charge in [0.1, 0.15) is 0 Å². The first kappa shape index (κ1) is 16.1. The molecule has 24 heavy (non-hydrogen) atoms. The molecule has 0 amide bonds. The van der Waals surface area contributed by atoms with E-state index < -0.39 is 6.16 Å². The summed E-state index contributed by atoms with van der Waals surface area (Å²) in [5.41, 5.74) is 8.94. The van der Waals surface area contributed by atoms with Gasteiger partial charge in [-0.15, -0.1) is 0 Å². The van der Waals surface area contributed by atoms with Crippen LogP contribution in [-0.4, -0.2) is 29.3 Å². The first-order valence-corrected chi connectivity index (χ1v) is 7.55. The Hall–Kier alpha value is -2.80. The van der Waals surface area contributed by atoms with Gasteiger partial charge in [0, 0.05) is 29.1 Å². The Morgan fingerprint density at radius 1 is 1.33 bits per heavy atom. The monoisotopic (exact) mass is 329 g/mol. The summed E-state index contributed by atoms with van der Waals surface area (Å²) in [6, 6.07) is 5.58. The Morgan fingerprint density at radius 3 is 2.83 bits per heavy atom. The lowest BCUT2D eigenvalue weighted by molar-refractivity contribution is 0.0705. The van der Waals surface area contributed by atoms with Gasteiger partial charge in [0.05, 0.1) is 30.0 Å². The molecule has 0 aliphatic rings. The second kappa shape index (κ2) is 6.37. The number of aromatic nitrogens is 2. The fraction of sp³-hybridized carbons (Fsp3) is 0.294. The molecule has 7 nitrogen and oxygen atoms in total. The number of nitrogen functional groups attached to an aromatic ring is 1. The van der Waals surface area contributed by atoms with Crippen LogP contribution in [0.3, 0.4) is 0 Å². The molecule has 1 aromatic carbocycles. The molecule has 0 unspecified atom stereocenters. The van der Waals surface area contributed by atoms with Crippen molar-refractivity contribution < 1.29 is 19.0 Å². The maximum Gasteiger partial charge on any atom is 0.515 e. The molecule has 7 heteroatoms. The highest BCUT2D eigenvalue weighted by molar-refractivity contribution is 6.10. The van der Waals surface area contributed by atoms with Crippen molar-refractivity contribution in [3.63, 3.8) is 0 Å². The molecule has 0 bridgehead atoms. The van der Waals surface area contributed by atoms with E-state index in [1.165, 1.54) is 0 Å². The summed E-state index contributed by atoms with van der Waals surface area (Å²) in [7, 11) is 1.57. The number of ether oxygens (including phenoxy) is 3. The zero-order chi connectivity index (χ0) is 17.3. The number of fused-ring (bicyclic) bond motifs is 3. The molecular formula is C17H19N3O4. The Morgan fingerprint density at radius 2 is 2.12 bits per heavy atom. The Balaban J connectivity index is 2.15. The van der Waals surface area contributed by atoms with Crippen molar-refractivity contribution in [1.29, 1.82) is 0 Å². The number of carbonyl (C=O) groups excluding carboxylic acids is 1. The average Bonchev–Trinajstić information content (AvgIpc) is 2.87. The summed E-state index contributed by atoms with van der Waals surface area (Å²) in [6.07, 6.45) is 0.538. The van der Waals surface area contributed by atoms with Crippen LogP contribution in [0.25, 0.3) is 21.8 Å². The van der Waals surface area contributed by atoms with Crippen LogP contribution in [0.2, 0.25) is 0 Å². The molecule has 0 spiro atoms. The van der Waals surface area contributed by atoms with Gasteiger partial charge in [-0.05, 0) is 32.0 Å². The number of H-pyrrole nitrogens is 1. The summed E-state index contributed by atoms with van der Waals surface area (Å²) < 4.78 is 15.6. The normalized spacial score (nSPS) is 11.3. The Kier molecular flexibility index (Phi) is 4.26. The number of nitrogens with two attached hydrogens (primary N) is 1. The Labute approximate surface area is 138 Å². The standard InChI is InChI=1S/C17H19N3O4/c1-9(2)23-17(21)24-16-12(8-22-3)15-11-6-10(18)4-5-13(11)20-14(15)7-19-16/h4-7,9,20H,8,18H2,1-3H3. The molecule has 3 aromatic rings. The van der Waals surface area contributed by atoms with E-state index in [2.05, 4.69) is 9.97 Å². The van der Waals surface area contributed by atoms with Crippen molar-refractivity contribution >= 4 is 33.6 Å². The number of hydrogen-bond acceptors (Lipinski definition) is 6. The predicted octanol–water partition coefficient (Wildman–Crippen LogP) is 3.37. The third kappa shape index (κ3) is 2.98. The first-order chi connectivity index (χ1) is 11.5. The lowest BCUT2D eigenvalue weighted by Crippen LogP contribution is -2.17. The molecule has 0 saturated heterocycles.